The molecule has 2 aliphatic heterocycles. The number of rotatable bonds is 3. The summed E-state index contributed by atoms with van der Waals surface area (Å²) in [4.78, 5) is 2.50. The van der Waals surface area contributed by atoms with Gasteiger partial charge in [0, 0.05) is 32.7 Å². The van der Waals surface area contributed by atoms with E-state index in [0.29, 0.717) is 6.10 Å². The standard InChI is InChI=1S/C11H20N2O/c1-2-6-13(7-3-1)8-4-11-10-12-5-9-14-11/h1-2,11-12H,3-10H2. The van der Waals surface area contributed by atoms with Crippen molar-refractivity contribution < 1.29 is 4.74 Å². The van der Waals surface area contributed by atoms with Crippen molar-refractivity contribution in [3.63, 3.8) is 0 Å². The van der Waals surface area contributed by atoms with Crippen molar-refractivity contribution in [2.75, 3.05) is 39.3 Å². The zero-order valence-corrected chi connectivity index (χ0v) is 8.74. The molecule has 0 aromatic rings. The van der Waals surface area contributed by atoms with E-state index in [0.717, 1.165) is 26.2 Å². The molecule has 3 heteroatoms. The fraction of sp³-hybridized carbons (Fsp3) is 0.818. The van der Waals surface area contributed by atoms with Crippen molar-refractivity contribution in [2.45, 2.75) is 18.9 Å². The minimum absolute atomic E-state index is 0.439. The maximum atomic E-state index is 5.66. The van der Waals surface area contributed by atoms with Gasteiger partial charge in [-0.3, -0.25) is 4.90 Å². The van der Waals surface area contributed by atoms with Gasteiger partial charge >= 0.3 is 0 Å². The Balaban J connectivity index is 1.63. The number of morpholine rings is 1. The van der Waals surface area contributed by atoms with Gasteiger partial charge < -0.3 is 10.1 Å². The van der Waals surface area contributed by atoms with Crippen molar-refractivity contribution in [2.24, 2.45) is 0 Å². The molecule has 1 atom stereocenters. The molecule has 3 nitrogen and oxygen atoms in total. The van der Waals surface area contributed by atoms with E-state index in [4.69, 9.17) is 4.74 Å². The lowest BCUT2D eigenvalue weighted by atomic mass is 10.2. The van der Waals surface area contributed by atoms with E-state index in [9.17, 15) is 0 Å². The number of hydrogen-bond acceptors (Lipinski definition) is 3. The fourth-order valence-corrected chi connectivity index (χ4v) is 2.02. The summed E-state index contributed by atoms with van der Waals surface area (Å²) in [6, 6.07) is 0. The van der Waals surface area contributed by atoms with Crippen LogP contribution in [0.25, 0.3) is 0 Å². The van der Waals surface area contributed by atoms with Crippen LogP contribution in [0.3, 0.4) is 0 Å². The van der Waals surface area contributed by atoms with Crippen molar-refractivity contribution in [3.05, 3.63) is 12.2 Å². The van der Waals surface area contributed by atoms with Gasteiger partial charge in [0.05, 0.1) is 12.7 Å². The summed E-state index contributed by atoms with van der Waals surface area (Å²) >= 11 is 0. The first-order valence-corrected chi connectivity index (χ1v) is 5.65. The molecule has 0 aromatic heterocycles. The number of nitrogens with one attached hydrogen (secondary N) is 1. The third kappa shape index (κ3) is 3.08. The monoisotopic (exact) mass is 196 g/mol. The quantitative estimate of drug-likeness (QED) is 0.670. The van der Waals surface area contributed by atoms with Gasteiger partial charge in [0.15, 0.2) is 0 Å². The Morgan fingerprint density at radius 1 is 1.43 bits per heavy atom. The highest BCUT2D eigenvalue weighted by Gasteiger charge is 2.14. The van der Waals surface area contributed by atoms with E-state index < -0.39 is 0 Å². The minimum Gasteiger partial charge on any atom is -0.376 e. The lowest BCUT2D eigenvalue weighted by Gasteiger charge is -2.28. The molecule has 0 aromatic carbocycles. The SMILES string of the molecule is C1=CCN(CCC2CNCCO2)CC1. The third-order valence-electron chi connectivity index (χ3n) is 2.91. The van der Waals surface area contributed by atoms with Gasteiger partial charge in [-0.25, -0.2) is 0 Å². The molecule has 0 amide bonds. The largest absolute Gasteiger partial charge is 0.376 e. The van der Waals surface area contributed by atoms with Gasteiger partial charge in [0.25, 0.3) is 0 Å². The molecule has 1 fully saturated rings. The summed E-state index contributed by atoms with van der Waals surface area (Å²) in [5.74, 6) is 0. The van der Waals surface area contributed by atoms with Gasteiger partial charge in [-0.1, -0.05) is 12.2 Å². The smallest absolute Gasteiger partial charge is 0.0712 e. The Morgan fingerprint density at radius 3 is 3.14 bits per heavy atom. The van der Waals surface area contributed by atoms with Crippen LogP contribution in [-0.4, -0.2) is 50.3 Å². The average molecular weight is 196 g/mol. The molecule has 80 valence electrons. The van der Waals surface area contributed by atoms with E-state index in [2.05, 4.69) is 22.4 Å². The van der Waals surface area contributed by atoms with Crippen LogP contribution in [0.1, 0.15) is 12.8 Å². The molecule has 0 spiro atoms. The molecule has 0 radical (unpaired) electrons. The molecule has 0 aliphatic carbocycles. The maximum absolute atomic E-state index is 5.66. The summed E-state index contributed by atoms with van der Waals surface area (Å²) < 4.78 is 5.66. The Morgan fingerprint density at radius 2 is 2.43 bits per heavy atom. The summed E-state index contributed by atoms with van der Waals surface area (Å²) in [6.45, 7) is 6.45. The molecular formula is C11H20N2O. The van der Waals surface area contributed by atoms with Crippen LogP contribution >= 0.6 is 0 Å². The van der Waals surface area contributed by atoms with Crippen molar-refractivity contribution in [1.29, 1.82) is 0 Å². The van der Waals surface area contributed by atoms with Crippen LogP contribution in [0, 0.1) is 0 Å². The van der Waals surface area contributed by atoms with Crippen LogP contribution < -0.4 is 5.32 Å². The lowest BCUT2D eigenvalue weighted by Crippen LogP contribution is -2.40. The Hall–Kier alpha value is -0.380. The molecule has 2 heterocycles. The third-order valence-corrected chi connectivity index (χ3v) is 2.91. The Kier molecular flexibility index (Phi) is 3.98. The second-order valence-electron chi connectivity index (χ2n) is 4.05. The predicted octanol–water partition coefficient (Wildman–Crippen LogP) is 0.627. The average Bonchev–Trinajstić information content (AvgIpc) is 2.29. The first-order valence-electron chi connectivity index (χ1n) is 5.65. The minimum atomic E-state index is 0.439. The highest BCUT2D eigenvalue weighted by atomic mass is 16.5. The first kappa shape index (κ1) is 10.1. The molecule has 0 saturated carbocycles. The molecule has 2 aliphatic rings. The van der Waals surface area contributed by atoms with Gasteiger partial charge in [0.1, 0.15) is 0 Å². The van der Waals surface area contributed by atoms with Crippen LogP contribution in [0.2, 0.25) is 0 Å². The van der Waals surface area contributed by atoms with Gasteiger partial charge in [-0.15, -0.1) is 0 Å². The van der Waals surface area contributed by atoms with Gasteiger partial charge in [0.2, 0.25) is 0 Å². The summed E-state index contributed by atoms with van der Waals surface area (Å²) in [6.07, 6.45) is 7.36. The normalized spacial score (nSPS) is 29.3. The van der Waals surface area contributed by atoms with Crippen molar-refractivity contribution >= 4 is 0 Å². The molecule has 0 bridgehead atoms. The Labute approximate surface area is 86.1 Å². The summed E-state index contributed by atoms with van der Waals surface area (Å²) in [5.41, 5.74) is 0. The number of ether oxygens (including phenoxy) is 1. The van der Waals surface area contributed by atoms with Crippen LogP contribution in [0.4, 0.5) is 0 Å². The second kappa shape index (κ2) is 5.49. The summed E-state index contributed by atoms with van der Waals surface area (Å²) in [7, 11) is 0. The zero-order chi connectivity index (χ0) is 9.64. The van der Waals surface area contributed by atoms with E-state index in [-0.39, 0.29) is 0 Å². The number of nitrogens with zero attached hydrogens (tertiary/aromatic N) is 1. The molecular weight excluding hydrogens is 176 g/mol. The van der Waals surface area contributed by atoms with E-state index >= 15 is 0 Å². The fourth-order valence-electron chi connectivity index (χ4n) is 2.02. The van der Waals surface area contributed by atoms with Crippen LogP contribution in [-0.2, 0) is 4.74 Å². The predicted molar refractivity (Wildman–Crippen MR) is 57.4 cm³/mol. The highest BCUT2D eigenvalue weighted by molar-refractivity contribution is 4.90. The first-order chi connectivity index (χ1) is 6.95. The molecule has 1 unspecified atom stereocenters. The molecule has 1 N–H and O–H groups in total. The molecule has 1 saturated heterocycles. The van der Waals surface area contributed by atoms with E-state index in [1.807, 2.05) is 0 Å². The van der Waals surface area contributed by atoms with E-state index in [1.54, 1.807) is 0 Å². The summed E-state index contributed by atoms with van der Waals surface area (Å²) in [5, 5.41) is 3.37. The van der Waals surface area contributed by atoms with Gasteiger partial charge in [-0.2, -0.15) is 0 Å². The maximum Gasteiger partial charge on any atom is 0.0712 e. The lowest BCUT2D eigenvalue weighted by molar-refractivity contribution is 0.0179. The Bertz CT molecular complexity index is 188. The van der Waals surface area contributed by atoms with Crippen molar-refractivity contribution in [3.8, 4) is 0 Å². The van der Waals surface area contributed by atoms with Crippen molar-refractivity contribution in [1.82, 2.24) is 10.2 Å². The van der Waals surface area contributed by atoms with E-state index in [1.165, 1.54) is 25.9 Å². The topological polar surface area (TPSA) is 24.5 Å². The second-order valence-corrected chi connectivity index (χ2v) is 4.05. The van der Waals surface area contributed by atoms with Gasteiger partial charge in [-0.05, 0) is 12.8 Å². The molecule has 2 rings (SSSR count). The van der Waals surface area contributed by atoms with Crippen LogP contribution in [0.15, 0.2) is 12.2 Å². The molecule has 14 heavy (non-hydrogen) atoms. The number of hydrogen-bond donors (Lipinski definition) is 1. The van der Waals surface area contributed by atoms with Crippen LogP contribution in [0.5, 0.6) is 0 Å². The highest BCUT2D eigenvalue weighted by Crippen LogP contribution is 2.06. The zero-order valence-electron chi connectivity index (χ0n) is 8.74.